The summed E-state index contributed by atoms with van der Waals surface area (Å²) in [6.07, 6.45) is 2.03. The van der Waals surface area contributed by atoms with Crippen molar-refractivity contribution in [2.45, 2.75) is 32.0 Å². The molecule has 2 saturated heterocycles. The van der Waals surface area contributed by atoms with Crippen LogP contribution in [0.5, 0.6) is 5.75 Å². The molecule has 0 aromatic heterocycles. The highest BCUT2D eigenvalue weighted by Crippen LogP contribution is 2.42. The third-order valence-electron chi connectivity index (χ3n) is 5.10. The number of ether oxygens (including phenoxy) is 1. The molecular formula is C20H22N2O2. The number of hydrogen-bond acceptors (Lipinski definition) is 3. The van der Waals surface area contributed by atoms with Crippen LogP contribution in [0, 0.1) is 6.92 Å². The van der Waals surface area contributed by atoms with E-state index < -0.39 is 0 Å². The summed E-state index contributed by atoms with van der Waals surface area (Å²) in [5, 5.41) is 0. The molecule has 2 aromatic carbocycles. The number of aryl methyl sites for hydroxylation is 1. The van der Waals surface area contributed by atoms with Crippen LogP contribution in [-0.2, 0) is 4.79 Å². The van der Waals surface area contributed by atoms with Gasteiger partial charge in [-0.15, -0.1) is 0 Å². The Labute approximate surface area is 142 Å². The van der Waals surface area contributed by atoms with Gasteiger partial charge in [-0.05, 0) is 49.6 Å². The predicted molar refractivity (Wildman–Crippen MR) is 94.1 cm³/mol. The van der Waals surface area contributed by atoms with Gasteiger partial charge in [-0.3, -0.25) is 14.6 Å². The van der Waals surface area contributed by atoms with E-state index in [1.165, 1.54) is 11.1 Å². The fourth-order valence-electron chi connectivity index (χ4n) is 3.87. The van der Waals surface area contributed by atoms with Gasteiger partial charge in [0.25, 0.3) is 0 Å². The van der Waals surface area contributed by atoms with Crippen molar-refractivity contribution < 1.29 is 9.53 Å². The highest BCUT2D eigenvalue weighted by atomic mass is 16.5. The summed E-state index contributed by atoms with van der Waals surface area (Å²) in [4.78, 5) is 17.3. The van der Waals surface area contributed by atoms with Crippen LogP contribution >= 0.6 is 0 Å². The SMILES string of the molecule is COc1ccc(N2C(=O)[C@@H]3CCCN3[C@H]2c2ccc(C)cc2)cc1. The van der Waals surface area contributed by atoms with Crippen LogP contribution in [0.25, 0.3) is 0 Å². The lowest BCUT2D eigenvalue weighted by atomic mass is 10.1. The molecule has 2 aliphatic rings. The molecule has 0 bridgehead atoms. The second-order valence-corrected chi connectivity index (χ2v) is 6.59. The molecule has 0 unspecified atom stereocenters. The van der Waals surface area contributed by atoms with Crippen molar-refractivity contribution in [2.75, 3.05) is 18.6 Å². The van der Waals surface area contributed by atoms with Gasteiger partial charge in [0.15, 0.2) is 0 Å². The molecule has 0 radical (unpaired) electrons. The van der Waals surface area contributed by atoms with Crippen molar-refractivity contribution >= 4 is 11.6 Å². The molecule has 2 atom stereocenters. The Kier molecular flexibility index (Phi) is 3.77. The molecule has 0 spiro atoms. The van der Waals surface area contributed by atoms with Gasteiger partial charge in [0.1, 0.15) is 11.9 Å². The molecule has 2 aliphatic heterocycles. The summed E-state index contributed by atoms with van der Waals surface area (Å²) in [6.45, 7) is 3.06. The molecule has 4 nitrogen and oxygen atoms in total. The van der Waals surface area contributed by atoms with Crippen molar-refractivity contribution in [1.29, 1.82) is 0 Å². The summed E-state index contributed by atoms with van der Waals surface area (Å²) in [6, 6.07) is 16.3. The molecule has 0 aliphatic carbocycles. The van der Waals surface area contributed by atoms with Crippen molar-refractivity contribution in [3.8, 4) is 5.75 Å². The second-order valence-electron chi connectivity index (χ2n) is 6.59. The molecule has 1 amide bonds. The molecule has 2 fully saturated rings. The minimum absolute atomic E-state index is 0.0124. The Balaban J connectivity index is 1.76. The first-order valence-corrected chi connectivity index (χ1v) is 8.48. The zero-order valence-electron chi connectivity index (χ0n) is 14.1. The summed E-state index contributed by atoms with van der Waals surface area (Å²) in [5.41, 5.74) is 3.34. The van der Waals surface area contributed by atoms with Gasteiger partial charge in [0.2, 0.25) is 5.91 Å². The Morgan fingerprint density at radius 1 is 1.04 bits per heavy atom. The fourth-order valence-corrected chi connectivity index (χ4v) is 3.87. The van der Waals surface area contributed by atoms with Crippen LogP contribution in [0.2, 0.25) is 0 Å². The van der Waals surface area contributed by atoms with Crippen molar-refractivity contribution in [2.24, 2.45) is 0 Å². The first-order valence-electron chi connectivity index (χ1n) is 8.48. The zero-order chi connectivity index (χ0) is 16.7. The second kappa shape index (κ2) is 5.95. The predicted octanol–water partition coefficient (Wildman–Crippen LogP) is 3.51. The van der Waals surface area contributed by atoms with E-state index in [0.29, 0.717) is 0 Å². The van der Waals surface area contributed by atoms with E-state index in [9.17, 15) is 4.79 Å². The molecular weight excluding hydrogens is 300 g/mol. The van der Waals surface area contributed by atoms with Crippen LogP contribution in [0.1, 0.15) is 30.1 Å². The lowest BCUT2D eigenvalue weighted by molar-refractivity contribution is -0.119. The van der Waals surface area contributed by atoms with Gasteiger partial charge >= 0.3 is 0 Å². The van der Waals surface area contributed by atoms with E-state index in [2.05, 4.69) is 36.1 Å². The number of carbonyl (C=O) groups excluding carboxylic acids is 1. The maximum absolute atomic E-state index is 13.0. The molecule has 4 rings (SSSR count). The number of carbonyl (C=O) groups is 1. The lowest BCUT2D eigenvalue weighted by Crippen LogP contribution is -2.32. The maximum atomic E-state index is 13.0. The van der Waals surface area contributed by atoms with Gasteiger partial charge in [-0.2, -0.15) is 0 Å². The Bertz CT molecular complexity index is 739. The standard InChI is InChI=1S/C20H22N2O2/c1-14-5-7-15(8-6-14)19-21-13-3-4-18(21)20(23)22(19)16-9-11-17(24-2)12-10-16/h5-12,18-19H,3-4,13H2,1-2H3/t18-,19+/m0/s1. The molecule has 0 N–H and O–H groups in total. The Morgan fingerprint density at radius 3 is 2.42 bits per heavy atom. The third kappa shape index (κ3) is 2.38. The third-order valence-corrected chi connectivity index (χ3v) is 5.10. The van der Waals surface area contributed by atoms with Gasteiger partial charge in [-0.1, -0.05) is 29.8 Å². The van der Waals surface area contributed by atoms with Gasteiger partial charge in [0.05, 0.1) is 13.2 Å². The molecule has 124 valence electrons. The Hall–Kier alpha value is -2.33. The largest absolute Gasteiger partial charge is 0.497 e. The highest BCUT2D eigenvalue weighted by Gasteiger charge is 2.49. The van der Waals surface area contributed by atoms with Crippen LogP contribution in [0.15, 0.2) is 48.5 Å². The normalized spacial score (nSPS) is 23.6. The minimum Gasteiger partial charge on any atom is -0.497 e. The minimum atomic E-state index is -0.0148. The molecule has 0 saturated carbocycles. The molecule has 4 heteroatoms. The van der Waals surface area contributed by atoms with Crippen LogP contribution in [-0.4, -0.2) is 30.5 Å². The first-order chi connectivity index (χ1) is 11.7. The van der Waals surface area contributed by atoms with Gasteiger partial charge < -0.3 is 4.74 Å². The number of benzene rings is 2. The van der Waals surface area contributed by atoms with Crippen molar-refractivity contribution in [3.05, 3.63) is 59.7 Å². The first kappa shape index (κ1) is 15.2. The smallest absolute Gasteiger partial charge is 0.246 e. The number of hydrogen-bond donors (Lipinski definition) is 0. The number of fused-ring (bicyclic) bond motifs is 1. The average Bonchev–Trinajstić information content (AvgIpc) is 3.18. The fraction of sp³-hybridized carbons (Fsp3) is 0.350. The van der Waals surface area contributed by atoms with E-state index in [0.717, 1.165) is 30.8 Å². The number of amides is 1. The van der Waals surface area contributed by atoms with Crippen LogP contribution < -0.4 is 9.64 Å². The highest BCUT2D eigenvalue weighted by molar-refractivity contribution is 6.00. The van der Waals surface area contributed by atoms with Crippen LogP contribution in [0.3, 0.4) is 0 Å². The van der Waals surface area contributed by atoms with E-state index in [1.807, 2.05) is 29.2 Å². The summed E-state index contributed by atoms with van der Waals surface area (Å²) < 4.78 is 5.24. The maximum Gasteiger partial charge on any atom is 0.246 e. The lowest BCUT2D eigenvalue weighted by Gasteiger charge is -2.30. The van der Waals surface area contributed by atoms with Crippen molar-refractivity contribution in [3.63, 3.8) is 0 Å². The number of nitrogens with zero attached hydrogens (tertiary/aromatic N) is 2. The number of methoxy groups -OCH3 is 1. The van der Waals surface area contributed by atoms with E-state index >= 15 is 0 Å². The number of rotatable bonds is 3. The molecule has 2 heterocycles. The quantitative estimate of drug-likeness (QED) is 0.867. The summed E-state index contributed by atoms with van der Waals surface area (Å²) in [5.74, 6) is 1.01. The summed E-state index contributed by atoms with van der Waals surface area (Å²) >= 11 is 0. The van der Waals surface area contributed by atoms with E-state index in [1.54, 1.807) is 7.11 Å². The van der Waals surface area contributed by atoms with Crippen LogP contribution in [0.4, 0.5) is 5.69 Å². The molecule has 24 heavy (non-hydrogen) atoms. The monoisotopic (exact) mass is 322 g/mol. The van der Waals surface area contributed by atoms with Gasteiger partial charge in [-0.25, -0.2) is 0 Å². The number of anilines is 1. The van der Waals surface area contributed by atoms with Crippen molar-refractivity contribution in [1.82, 2.24) is 4.90 Å². The molecule has 2 aromatic rings. The van der Waals surface area contributed by atoms with E-state index in [4.69, 9.17) is 4.74 Å². The van der Waals surface area contributed by atoms with E-state index in [-0.39, 0.29) is 18.1 Å². The Morgan fingerprint density at radius 2 is 1.75 bits per heavy atom. The summed E-state index contributed by atoms with van der Waals surface area (Å²) in [7, 11) is 1.65. The topological polar surface area (TPSA) is 32.8 Å². The zero-order valence-corrected chi connectivity index (χ0v) is 14.1. The van der Waals surface area contributed by atoms with Gasteiger partial charge in [0, 0.05) is 12.2 Å². The average molecular weight is 322 g/mol.